The van der Waals surface area contributed by atoms with Gasteiger partial charge in [-0.3, -0.25) is 4.90 Å². The molecule has 2 rings (SSSR count). The molecule has 1 N–H and O–H groups in total. The molecule has 0 aromatic heterocycles. The Bertz CT molecular complexity index is 679. The summed E-state index contributed by atoms with van der Waals surface area (Å²) in [6, 6.07) is 2.06. The summed E-state index contributed by atoms with van der Waals surface area (Å²) in [6.45, 7) is 3.64. The highest BCUT2D eigenvalue weighted by Gasteiger charge is 2.39. The molecule has 0 bridgehead atoms. The van der Waals surface area contributed by atoms with E-state index in [1.165, 1.54) is 18.1 Å². The van der Waals surface area contributed by atoms with Crippen LogP contribution in [0.1, 0.15) is 51.3 Å². The fourth-order valence-electron chi connectivity index (χ4n) is 3.06. The Balaban J connectivity index is 0.00000364. The lowest BCUT2D eigenvalue weighted by molar-refractivity contribution is -0.137. The number of amides is 2. The van der Waals surface area contributed by atoms with Crippen molar-refractivity contribution < 1.29 is 32.2 Å². The van der Waals surface area contributed by atoms with Gasteiger partial charge >= 0.3 is 18.4 Å². The second-order valence-corrected chi connectivity index (χ2v) is 5.83. The third kappa shape index (κ3) is 4.84. The van der Waals surface area contributed by atoms with E-state index in [2.05, 4.69) is 10.1 Å². The summed E-state index contributed by atoms with van der Waals surface area (Å²) in [6.07, 6.45) is -5.13. The first-order valence-corrected chi connectivity index (χ1v) is 8.24. The van der Waals surface area contributed by atoms with E-state index in [1.807, 2.05) is 6.92 Å². The molecule has 1 aliphatic heterocycles. The van der Waals surface area contributed by atoms with Gasteiger partial charge < -0.3 is 14.8 Å². The third-order valence-electron chi connectivity index (χ3n) is 4.28. The molecule has 0 saturated carbocycles. The van der Waals surface area contributed by atoms with Crippen LogP contribution in [0.25, 0.3) is 0 Å². The molecule has 0 fully saturated rings. The van der Waals surface area contributed by atoms with E-state index in [1.54, 1.807) is 6.92 Å². The number of benzene rings is 1. The lowest BCUT2D eigenvalue weighted by Gasteiger charge is -2.40. The van der Waals surface area contributed by atoms with Gasteiger partial charge in [0.25, 0.3) is 0 Å². The summed E-state index contributed by atoms with van der Waals surface area (Å²) in [7, 11) is 1.17. The molecular weight excluding hydrogens is 365 g/mol. The van der Waals surface area contributed by atoms with E-state index >= 15 is 0 Å². The van der Waals surface area contributed by atoms with Gasteiger partial charge in [-0.25, -0.2) is 9.59 Å². The Kier molecular flexibility index (Phi) is 7.50. The van der Waals surface area contributed by atoms with E-state index in [4.69, 9.17) is 4.74 Å². The van der Waals surface area contributed by atoms with Crippen molar-refractivity contribution in [2.75, 3.05) is 18.6 Å². The number of rotatable bonds is 3. The van der Waals surface area contributed by atoms with Gasteiger partial charge in [-0.15, -0.1) is 0 Å². The van der Waals surface area contributed by atoms with E-state index < -0.39 is 30.0 Å². The molecule has 0 unspecified atom stereocenters. The van der Waals surface area contributed by atoms with Crippen molar-refractivity contribution >= 4 is 17.9 Å². The summed E-state index contributed by atoms with van der Waals surface area (Å²) < 4.78 is 49.0. The zero-order chi connectivity index (χ0) is 19.5. The maximum atomic E-state index is 13.1. The summed E-state index contributed by atoms with van der Waals surface area (Å²) in [4.78, 5) is 25.3. The van der Waals surface area contributed by atoms with Gasteiger partial charge in [0.05, 0.1) is 31.0 Å². The van der Waals surface area contributed by atoms with Crippen molar-refractivity contribution in [3.8, 4) is 0 Å². The minimum atomic E-state index is -4.54. The fourth-order valence-corrected chi connectivity index (χ4v) is 3.06. The largest absolute Gasteiger partial charge is 0.453 e. The van der Waals surface area contributed by atoms with Gasteiger partial charge in [0.1, 0.15) is 0 Å². The highest BCUT2D eigenvalue weighted by Crippen LogP contribution is 2.41. The van der Waals surface area contributed by atoms with Crippen molar-refractivity contribution in [1.82, 2.24) is 5.32 Å². The Labute approximate surface area is 156 Å². The van der Waals surface area contributed by atoms with Crippen molar-refractivity contribution in [2.24, 2.45) is 0 Å². The Morgan fingerprint density at radius 3 is 2.48 bits per heavy atom. The number of methoxy groups -OCH3 is 1. The van der Waals surface area contributed by atoms with Gasteiger partial charge in [-0.1, -0.05) is 14.4 Å². The molecule has 0 spiro atoms. The average Bonchev–Trinajstić information content (AvgIpc) is 2.60. The van der Waals surface area contributed by atoms with Crippen LogP contribution in [0.5, 0.6) is 0 Å². The number of hydrogen-bond donors (Lipinski definition) is 1. The van der Waals surface area contributed by atoms with Gasteiger partial charge in [-0.05, 0) is 43.5 Å². The standard InChI is InChI=1S/C17H21F3N2O4.CH4/c1-4-11-9-13(21-15(23)25-3)12-8-10(17(18,19)20)6-7-14(12)22(11)16(24)26-5-2;/h6-8,11,13H,4-5,9H2,1-3H3,(H,21,23);1H4/t11-,13+;/m1./s1. The molecule has 152 valence electrons. The number of fused-ring (bicyclic) bond motifs is 1. The molecule has 2 amide bonds. The van der Waals surface area contributed by atoms with Crippen LogP contribution in [0, 0.1) is 0 Å². The molecule has 9 heteroatoms. The van der Waals surface area contributed by atoms with E-state index in [9.17, 15) is 22.8 Å². The number of nitrogens with one attached hydrogen (secondary N) is 1. The minimum Gasteiger partial charge on any atom is -0.453 e. The molecule has 2 atom stereocenters. The molecule has 0 radical (unpaired) electrons. The molecule has 0 aliphatic carbocycles. The topological polar surface area (TPSA) is 67.9 Å². The molecule has 1 heterocycles. The quantitative estimate of drug-likeness (QED) is 0.798. The van der Waals surface area contributed by atoms with Crippen molar-refractivity contribution in [1.29, 1.82) is 0 Å². The van der Waals surface area contributed by atoms with Gasteiger partial charge in [0.15, 0.2) is 0 Å². The Morgan fingerprint density at radius 1 is 1.30 bits per heavy atom. The summed E-state index contributed by atoms with van der Waals surface area (Å²) in [5.74, 6) is 0. The van der Waals surface area contributed by atoms with Crippen molar-refractivity contribution in [2.45, 2.75) is 52.4 Å². The fraction of sp³-hybridized carbons (Fsp3) is 0.556. The number of carbonyl (C=O) groups excluding carboxylic acids is 2. The Morgan fingerprint density at radius 2 is 1.96 bits per heavy atom. The van der Waals surface area contributed by atoms with Gasteiger partial charge in [0, 0.05) is 6.04 Å². The molecule has 1 aromatic rings. The molecule has 27 heavy (non-hydrogen) atoms. The summed E-state index contributed by atoms with van der Waals surface area (Å²) in [5.41, 5.74) is -0.370. The van der Waals surface area contributed by atoms with Crippen LogP contribution in [-0.4, -0.2) is 31.9 Å². The number of halogens is 3. The maximum Gasteiger partial charge on any atom is 0.416 e. The summed E-state index contributed by atoms with van der Waals surface area (Å²) >= 11 is 0. The first kappa shape index (κ1) is 22.6. The lowest BCUT2D eigenvalue weighted by atomic mass is 9.89. The highest BCUT2D eigenvalue weighted by molar-refractivity contribution is 5.90. The maximum absolute atomic E-state index is 13.1. The van der Waals surface area contributed by atoms with Crippen LogP contribution in [0.2, 0.25) is 0 Å². The average molecular weight is 390 g/mol. The number of nitrogens with zero attached hydrogens (tertiary/aromatic N) is 1. The van der Waals surface area contributed by atoms with Crippen LogP contribution in [0.15, 0.2) is 18.2 Å². The highest BCUT2D eigenvalue weighted by atomic mass is 19.4. The predicted molar refractivity (Wildman–Crippen MR) is 94.7 cm³/mol. The third-order valence-corrected chi connectivity index (χ3v) is 4.28. The second kappa shape index (κ2) is 8.96. The first-order valence-electron chi connectivity index (χ1n) is 8.24. The van der Waals surface area contributed by atoms with E-state index in [0.29, 0.717) is 6.42 Å². The number of hydrogen-bond acceptors (Lipinski definition) is 4. The molecular formula is C18H25F3N2O4. The molecule has 0 saturated heterocycles. The number of alkyl halides is 3. The predicted octanol–water partition coefficient (Wildman–Crippen LogP) is 4.88. The SMILES string of the molecule is C.CCOC(=O)N1c2ccc(C(F)(F)F)cc2[C@@H](NC(=O)OC)C[C@H]1CC. The number of alkyl carbamates (subject to hydrolysis) is 1. The smallest absolute Gasteiger partial charge is 0.416 e. The second-order valence-electron chi connectivity index (χ2n) is 5.83. The zero-order valence-electron chi connectivity index (χ0n) is 14.7. The summed E-state index contributed by atoms with van der Waals surface area (Å²) in [5, 5.41) is 2.55. The van der Waals surface area contributed by atoms with Crippen LogP contribution < -0.4 is 10.2 Å². The monoisotopic (exact) mass is 390 g/mol. The molecule has 6 nitrogen and oxygen atoms in total. The number of anilines is 1. The number of carbonyl (C=O) groups is 2. The van der Waals surface area contributed by atoms with Gasteiger partial charge in [0.2, 0.25) is 0 Å². The van der Waals surface area contributed by atoms with Crippen molar-refractivity contribution in [3.05, 3.63) is 29.3 Å². The normalized spacial score (nSPS) is 18.8. The van der Waals surface area contributed by atoms with Gasteiger partial charge in [-0.2, -0.15) is 13.2 Å². The van der Waals surface area contributed by atoms with Crippen LogP contribution in [-0.2, 0) is 15.7 Å². The zero-order valence-corrected chi connectivity index (χ0v) is 14.7. The van der Waals surface area contributed by atoms with E-state index in [0.717, 1.165) is 12.1 Å². The minimum absolute atomic E-state index is 0. The van der Waals surface area contributed by atoms with Crippen LogP contribution in [0.4, 0.5) is 28.4 Å². The van der Waals surface area contributed by atoms with E-state index in [-0.39, 0.29) is 37.7 Å². The number of ether oxygens (including phenoxy) is 2. The molecule has 1 aromatic carbocycles. The van der Waals surface area contributed by atoms with Crippen LogP contribution in [0.3, 0.4) is 0 Å². The molecule has 1 aliphatic rings. The van der Waals surface area contributed by atoms with Crippen LogP contribution >= 0.6 is 0 Å². The van der Waals surface area contributed by atoms with Crippen molar-refractivity contribution in [3.63, 3.8) is 0 Å². The lowest BCUT2D eigenvalue weighted by Crippen LogP contribution is -2.47. The Hall–Kier alpha value is -2.45. The first-order chi connectivity index (χ1) is 12.2.